The van der Waals surface area contributed by atoms with E-state index in [0.717, 1.165) is 50.4 Å². The van der Waals surface area contributed by atoms with Crippen LogP contribution < -0.4 is 5.32 Å². The molecule has 1 aromatic heterocycles. The molecule has 10 heteroatoms. The van der Waals surface area contributed by atoms with Gasteiger partial charge in [0.25, 0.3) is 0 Å². The Morgan fingerprint density at radius 3 is 2.39 bits per heavy atom. The molecule has 1 unspecified atom stereocenters. The molecule has 172 valence electrons. The maximum Gasteiger partial charge on any atom is 0.348 e. The number of amides is 2. The highest BCUT2D eigenvalue weighted by molar-refractivity contribution is 7.18. The second kappa shape index (κ2) is 10.9. The topological polar surface area (TPSA) is 97.4 Å². The van der Waals surface area contributed by atoms with Gasteiger partial charge in [0.15, 0.2) is 0 Å². The molecule has 9 nitrogen and oxygen atoms in total. The van der Waals surface area contributed by atoms with E-state index in [1.807, 2.05) is 0 Å². The Balaban J connectivity index is 1.66. The van der Waals surface area contributed by atoms with Crippen molar-refractivity contribution < 1.29 is 28.6 Å². The summed E-state index contributed by atoms with van der Waals surface area (Å²) in [5.41, 5.74) is 0.666. The van der Waals surface area contributed by atoms with Crippen LogP contribution in [0.4, 0.5) is 9.80 Å². The summed E-state index contributed by atoms with van der Waals surface area (Å²) in [6.45, 7) is 9.96. The minimum atomic E-state index is -0.566. The average Bonchev–Trinajstić information content (AvgIpc) is 3.36. The van der Waals surface area contributed by atoms with E-state index in [0.29, 0.717) is 34.6 Å². The quantitative estimate of drug-likeness (QED) is 0.634. The van der Waals surface area contributed by atoms with Crippen LogP contribution >= 0.6 is 11.3 Å². The third kappa shape index (κ3) is 5.75. The first-order valence-corrected chi connectivity index (χ1v) is 11.6. The zero-order chi connectivity index (χ0) is 22.4. The monoisotopic (exact) mass is 453 g/mol. The van der Waals surface area contributed by atoms with Gasteiger partial charge in [0, 0.05) is 39.3 Å². The second-order valence-corrected chi connectivity index (χ2v) is 8.57. The van der Waals surface area contributed by atoms with Gasteiger partial charge in [-0.05, 0) is 39.2 Å². The molecule has 3 heterocycles. The lowest BCUT2D eigenvalue weighted by atomic mass is 10.1. The first-order chi connectivity index (χ1) is 14.9. The van der Waals surface area contributed by atoms with E-state index in [4.69, 9.17) is 14.2 Å². The summed E-state index contributed by atoms with van der Waals surface area (Å²) >= 11 is 1.04. The van der Waals surface area contributed by atoms with Gasteiger partial charge in [0.2, 0.25) is 0 Å². The molecule has 31 heavy (non-hydrogen) atoms. The molecule has 2 amide bonds. The fourth-order valence-corrected chi connectivity index (χ4v) is 4.91. The number of urea groups is 1. The first-order valence-electron chi connectivity index (χ1n) is 10.8. The van der Waals surface area contributed by atoms with E-state index >= 15 is 0 Å². The van der Waals surface area contributed by atoms with E-state index in [2.05, 4.69) is 10.2 Å². The van der Waals surface area contributed by atoms with Crippen LogP contribution in [0, 0.1) is 6.92 Å². The Bertz CT molecular complexity index is 797. The van der Waals surface area contributed by atoms with Crippen molar-refractivity contribution >= 4 is 34.3 Å². The number of carbonyl (C=O) groups excluding carboxylic acids is 3. The standard InChI is InChI=1S/C21H31N3O6S/c1-4-28-19(25)16-14(3)17(20(26)29-5-2)31-18(16)22-21(27)24-10-8-23(9-11-24)13-15-7-6-12-30-15/h15H,4-13H2,1-3H3,(H,22,27). The molecule has 0 bridgehead atoms. The van der Waals surface area contributed by atoms with E-state index < -0.39 is 11.9 Å². The molecule has 2 aliphatic rings. The number of piperazine rings is 1. The van der Waals surface area contributed by atoms with E-state index in [9.17, 15) is 14.4 Å². The Morgan fingerprint density at radius 2 is 1.77 bits per heavy atom. The van der Waals surface area contributed by atoms with Gasteiger partial charge in [-0.15, -0.1) is 11.3 Å². The highest BCUT2D eigenvalue weighted by Crippen LogP contribution is 2.34. The van der Waals surface area contributed by atoms with Crippen molar-refractivity contribution in [2.24, 2.45) is 0 Å². The van der Waals surface area contributed by atoms with Crippen molar-refractivity contribution in [1.29, 1.82) is 0 Å². The van der Waals surface area contributed by atoms with Crippen molar-refractivity contribution in [1.82, 2.24) is 9.80 Å². The Kier molecular flexibility index (Phi) is 8.28. The number of esters is 2. The fourth-order valence-electron chi connectivity index (χ4n) is 3.83. The van der Waals surface area contributed by atoms with Crippen LogP contribution in [0.2, 0.25) is 0 Å². The normalized spacial score (nSPS) is 19.3. The zero-order valence-electron chi connectivity index (χ0n) is 18.4. The van der Waals surface area contributed by atoms with E-state index in [1.54, 1.807) is 25.7 Å². The minimum Gasteiger partial charge on any atom is -0.462 e. The molecule has 0 spiro atoms. The van der Waals surface area contributed by atoms with E-state index in [1.165, 1.54) is 0 Å². The summed E-state index contributed by atoms with van der Waals surface area (Å²) < 4.78 is 15.9. The lowest BCUT2D eigenvalue weighted by Crippen LogP contribution is -2.51. The highest BCUT2D eigenvalue weighted by Gasteiger charge is 2.30. The Morgan fingerprint density at radius 1 is 1.10 bits per heavy atom. The third-order valence-electron chi connectivity index (χ3n) is 5.45. The van der Waals surface area contributed by atoms with Crippen LogP contribution in [0.15, 0.2) is 0 Å². The molecule has 0 radical (unpaired) electrons. The van der Waals surface area contributed by atoms with Crippen molar-refractivity contribution in [3.8, 4) is 0 Å². The molecular formula is C21H31N3O6S. The number of anilines is 1. The van der Waals surface area contributed by atoms with Crippen molar-refractivity contribution in [2.75, 3.05) is 57.9 Å². The molecule has 0 aromatic carbocycles. The molecule has 3 rings (SSSR count). The van der Waals surface area contributed by atoms with Crippen molar-refractivity contribution in [3.63, 3.8) is 0 Å². The SMILES string of the molecule is CCOC(=O)c1sc(NC(=O)N2CCN(CC3CCCO3)CC2)c(C(=O)OCC)c1C. The number of ether oxygens (including phenoxy) is 3. The van der Waals surface area contributed by atoms with Crippen LogP contribution in [-0.4, -0.2) is 86.4 Å². The van der Waals surface area contributed by atoms with Crippen molar-refractivity contribution in [3.05, 3.63) is 16.0 Å². The molecule has 0 saturated carbocycles. The summed E-state index contributed by atoms with van der Waals surface area (Å²) in [6.07, 6.45) is 2.50. The number of hydrogen-bond donors (Lipinski definition) is 1. The van der Waals surface area contributed by atoms with E-state index in [-0.39, 0.29) is 24.8 Å². The van der Waals surface area contributed by atoms with Gasteiger partial charge in [-0.1, -0.05) is 0 Å². The second-order valence-electron chi connectivity index (χ2n) is 7.55. The predicted molar refractivity (Wildman–Crippen MR) is 117 cm³/mol. The molecular weight excluding hydrogens is 422 g/mol. The fraction of sp³-hybridized carbons (Fsp3) is 0.667. The van der Waals surface area contributed by atoms with Gasteiger partial charge in [-0.3, -0.25) is 10.2 Å². The van der Waals surface area contributed by atoms with Gasteiger partial charge < -0.3 is 19.1 Å². The van der Waals surface area contributed by atoms with Crippen LogP contribution in [0.5, 0.6) is 0 Å². The Labute approximate surface area is 186 Å². The van der Waals surface area contributed by atoms with Gasteiger partial charge in [0.05, 0.1) is 24.9 Å². The van der Waals surface area contributed by atoms with Crippen LogP contribution in [-0.2, 0) is 14.2 Å². The molecule has 0 aliphatic carbocycles. The molecule has 1 aromatic rings. The average molecular weight is 454 g/mol. The summed E-state index contributed by atoms with van der Waals surface area (Å²) in [7, 11) is 0. The zero-order valence-corrected chi connectivity index (χ0v) is 19.2. The summed E-state index contributed by atoms with van der Waals surface area (Å²) in [5.74, 6) is -1.08. The number of thiophene rings is 1. The van der Waals surface area contributed by atoms with Gasteiger partial charge >= 0.3 is 18.0 Å². The third-order valence-corrected chi connectivity index (χ3v) is 6.64. The number of hydrogen-bond acceptors (Lipinski definition) is 8. The van der Waals surface area contributed by atoms with Gasteiger partial charge in [0.1, 0.15) is 9.88 Å². The number of rotatable bonds is 7. The molecule has 2 fully saturated rings. The molecule has 1 N–H and O–H groups in total. The Hall–Kier alpha value is -2.17. The number of carbonyl (C=O) groups is 3. The number of nitrogens with one attached hydrogen (secondary N) is 1. The maximum atomic E-state index is 12.9. The molecule has 2 saturated heterocycles. The van der Waals surface area contributed by atoms with Crippen LogP contribution in [0.3, 0.4) is 0 Å². The van der Waals surface area contributed by atoms with Gasteiger partial charge in [-0.25, -0.2) is 14.4 Å². The summed E-state index contributed by atoms with van der Waals surface area (Å²) in [4.78, 5) is 42.0. The lowest BCUT2D eigenvalue weighted by molar-refractivity contribution is 0.0527. The smallest absolute Gasteiger partial charge is 0.348 e. The van der Waals surface area contributed by atoms with Crippen LogP contribution in [0.1, 0.15) is 52.3 Å². The minimum absolute atomic E-state index is 0.197. The van der Waals surface area contributed by atoms with Crippen molar-refractivity contribution in [2.45, 2.75) is 39.7 Å². The summed E-state index contributed by atoms with van der Waals surface area (Å²) in [6, 6.07) is -0.293. The molecule has 2 aliphatic heterocycles. The molecule has 1 atom stereocenters. The summed E-state index contributed by atoms with van der Waals surface area (Å²) in [5, 5.41) is 3.13. The highest BCUT2D eigenvalue weighted by atomic mass is 32.1. The number of nitrogens with zero attached hydrogens (tertiary/aromatic N) is 2. The largest absolute Gasteiger partial charge is 0.462 e. The first kappa shape index (κ1) is 23.5. The maximum absolute atomic E-state index is 12.9. The van der Waals surface area contributed by atoms with Gasteiger partial charge in [-0.2, -0.15) is 0 Å². The lowest BCUT2D eigenvalue weighted by Gasteiger charge is -2.35. The van der Waals surface area contributed by atoms with Crippen LogP contribution in [0.25, 0.3) is 0 Å². The predicted octanol–water partition coefficient (Wildman–Crippen LogP) is 2.74.